The van der Waals surface area contributed by atoms with Crippen molar-refractivity contribution < 1.29 is 27.7 Å². The van der Waals surface area contributed by atoms with Crippen LogP contribution in [0.25, 0.3) is 11.3 Å². The van der Waals surface area contributed by atoms with Crippen molar-refractivity contribution >= 4 is 26.0 Å². The number of hydrazine groups is 1. The summed E-state index contributed by atoms with van der Waals surface area (Å²) in [7, 11) is -2.12. The topological polar surface area (TPSA) is 123 Å². The van der Waals surface area contributed by atoms with Gasteiger partial charge in [0.25, 0.3) is 11.8 Å². The minimum atomic E-state index is -2.12. The molecule has 1 aliphatic carbocycles. The highest BCUT2D eigenvalue weighted by atomic mass is 28.4. The van der Waals surface area contributed by atoms with Gasteiger partial charge < -0.3 is 14.3 Å². The van der Waals surface area contributed by atoms with Crippen LogP contribution >= 0.6 is 0 Å². The number of hydrogen-bond donors (Lipinski definition) is 3. The molecule has 1 fully saturated rings. The number of hydrogen-bond acceptors (Lipinski definition) is 6. The maximum Gasteiger partial charge on any atom is 0.290 e. The van der Waals surface area contributed by atoms with E-state index in [0.717, 1.165) is 0 Å². The molecule has 1 heterocycles. The zero-order valence-corrected chi connectivity index (χ0v) is 21.9. The molecule has 35 heavy (non-hydrogen) atoms. The molecule has 1 aromatic carbocycles. The Morgan fingerprint density at radius 3 is 2.37 bits per heavy atom. The fourth-order valence-corrected chi connectivity index (χ4v) is 4.69. The van der Waals surface area contributed by atoms with Crippen molar-refractivity contribution in [3.63, 3.8) is 0 Å². The number of carbonyl (C=O) groups excluding carboxylic acids is 3. The van der Waals surface area contributed by atoms with Crippen LogP contribution < -0.4 is 16.2 Å². The van der Waals surface area contributed by atoms with Gasteiger partial charge in [-0.2, -0.15) is 0 Å². The van der Waals surface area contributed by atoms with Crippen LogP contribution in [0.15, 0.2) is 34.9 Å². The maximum atomic E-state index is 13.1. The number of rotatable bonds is 7. The lowest BCUT2D eigenvalue weighted by molar-refractivity contribution is -0.136. The number of halogens is 1. The van der Waals surface area contributed by atoms with Crippen LogP contribution in [0.5, 0.6) is 0 Å². The molecule has 0 saturated heterocycles. The monoisotopic (exact) mass is 504 g/mol. The van der Waals surface area contributed by atoms with E-state index in [0.29, 0.717) is 24.1 Å². The normalized spacial score (nSPS) is 18.8. The van der Waals surface area contributed by atoms with E-state index in [1.807, 2.05) is 0 Å². The smallest absolute Gasteiger partial charge is 0.290 e. The van der Waals surface area contributed by atoms with Gasteiger partial charge in [0.1, 0.15) is 17.6 Å². The van der Waals surface area contributed by atoms with Gasteiger partial charge in [0, 0.05) is 23.6 Å². The van der Waals surface area contributed by atoms with Crippen molar-refractivity contribution in [2.45, 2.75) is 70.8 Å². The summed E-state index contributed by atoms with van der Waals surface area (Å²) in [6, 6.07) is 6.97. The Morgan fingerprint density at radius 2 is 1.77 bits per heavy atom. The summed E-state index contributed by atoms with van der Waals surface area (Å²) in [4.78, 5) is 37.1. The molecule has 0 spiro atoms. The van der Waals surface area contributed by atoms with E-state index in [1.165, 1.54) is 18.2 Å². The van der Waals surface area contributed by atoms with Crippen molar-refractivity contribution in [3.8, 4) is 11.3 Å². The first-order valence-corrected chi connectivity index (χ1v) is 14.5. The van der Waals surface area contributed by atoms with E-state index in [1.54, 1.807) is 19.1 Å². The lowest BCUT2D eigenvalue weighted by Gasteiger charge is -2.38. The van der Waals surface area contributed by atoms with Crippen molar-refractivity contribution in [2.24, 2.45) is 5.92 Å². The highest BCUT2D eigenvalue weighted by Gasteiger charge is 2.40. The predicted octanol–water partition coefficient (Wildman–Crippen LogP) is 3.55. The van der Waals surface area contributed by atoms with E-state index < -0.39 is 26.2 Å². The first-order chi connectivity index (χ1) is 16.3. The highest BCUT2D eigenvalue weighted by molar-refractivity contribution is 6.74. The molecule has 1 aliphatic rings. The van der Waals surface area contributed by atoms with Gasteiger partial charge in [0.15, 0.2) is 8.32 Å². The zero-order valence-electron chi connectivity index (χ0n) is 20.9. The highest BCUT2D eigenvalue weighted by Crippen LogP contribution is 2.37. The van der Waals surface area contributed by atoms with E-state index in [-0.39, 0.29) is 34.5 Å². The fraction of sp³-hybridized carbons (Fsp3) is 0.500. The molecule has 1 aromatic heterocycles. The summed E-state index contributed by atoms with van der Waals surface area (Å²) < 4.78 is 24.2. The SMILES string of the molecule is C[C@@H](O[Si](C)(C)C(C)(C)C)C(=O)NNC(=O)C1CC(NC(=O)c2cc(-c3ccc(F)cc3)no2)C1. The van der Waals surface area contributed by atoms with Crippen molar-refractivity contribution in [1.29, 1.82) is 0 Å². The molecule has 0 bridgehead atoms. The van der Waals surface area contributed by atoms with Crippen LogP contribution in [0.2, 0.25) is 18.1 Å². The van der Waals surface area contributed by atoms with Gasteiger partial charge >= 0.3 is 0 Å². The number of amides is 3. The van der Waals surface area contributed by atoms with Crippen molar-refractivity contribution in [3.05, 3.63) is 41.9 Å². The Kier molecular flexibility index (Phi) is 7.80. The average Bonchev–Trinajstić information content (AvgIpc) is 3.23. The van der Waals surface area contributed by atoms with Crippen LogP contribution in [0, 0.1) is 11.7 Å². The lowest BCUT2D eigenvalue weighted by Crippen LogP contribution is -2.55. The van der Waals surface area contributed by atoms with Gasteiger partial charge in [0.05, 0.1) is 0 Å². The Labute approximate surface area is 205 Å². The van der Waals surface area contributed by atoms with E-state index in [4.69, 9.17) is 8.95 Å². The molecule has 0 radical (unpaired) electrons. The molecular weight excluding hydrogens is 471 g/mol. The molecular formula is C24H33FN4O5Si. The summed E-state index contributed by atoms with van der Waals surface area (Å²) in [5, 5.41) is 6.61. The summed E-state index contributed by atoms with van der Waals surface area (Å²) in [5.41, 5.74) is 5.93. The average molecular weight is 505 g/mol. The fourth-order valence-electron chi connectivity index (χ4n) is 3.34. The van der Waals surface area contributed by atoms with Crippen molar-refractivity contribution in [2.75, 3.05) is 0 Å². The third kappa shape index (κ3) is 6.54. The number of benzene rings is 1. The molecule has 0 aliphatic heterocycles. The van der Waals surface area contributed by atoms with Gasteiger partial charge in [-0.25, -0.2) is 4.39 Å². The van der Waals surface area contributed by atoms with E-state index in [9.17, 15) is 18.8 Å². The Hall–Kier alpha value is -3.05. The van der Waals surface area contributed by atoms with Gasteiger partial charge in [-0.15, -0.1) is 0 Å². The molecule has 1 atom stereocenters. The maximum absolute atomic E-state index is 13.1. The van der Waals surface area contributed by atoms with Crippen LogP contribution in [0.4, 0.5) is 4.39 Å². The largest absolute Gasteiger partial charge is 0.405 e. The number of aromatic nitrogens is 1. The molecule has 2 aromatic rings. The van der Waals surface area contributed by atoms with Crippen LogP contribution in [0.3, 0.4) is 0 Å². The van der Waals surface area contributed by atoms with Crippen LogP contribution in [-0.4, -0.2) is 43.3 Å². The Balaban J connectivity index is 1.41. The summed E-state index contributed by atoms with van der Waals surface area (Å²) in [6.07, 6.45) is 0.177. The molecule has 9 nitrogen and oxygen atoms in total. The minimum absolute atomic E-state index is 0.0280. The zero-order chi connectivity index (χ0) is 26.0. The molecule has 3 rings (SSSR count). The number of carbonyl (C=O) groups is 3. The van der Waals surface area contributed by atoms with Gasteiger partial charge in [0.2, 0.25) is 11.7 Å². The predicted molar refractivity (Wildman–Crippen MR) is 130 cm³/mol. The quantitative estimate of drug-likeness (QED) is 0.392. The summed E-state index contributed by atoms with van der Waals surface area (Å²) in [6.45, 7) is 12.0. The Bertz CT molecular complexity index is 1070. The molecule has 0 unspecified atom stereocenters. The van der Waals surface area contributed by atoms with Crippen LogP contribution in [0.1, 0.15) is 51.1 Å². The molecule has 3 amide bonds. The Morgan fingerprint density at radius 1 is 1.14 bits per heavy atom. The molecule has 3 N–H and O–H groups in total. The molecule has 1 saturated carbocycles. The van der Waals surface area contributed by atoms with Gasteiger partial charge in [-0.3, -0.25) is 25.2 Å². The number of nitrogens with zero attached hydrogens (tertiary/aromatic N) is 1. The molecule has 11 heteroatoms. The van der Waals surface area contributed by atoms with Gasteiger partial charge in [-0.05, 0) is 62.2 Å². The second-order valence-corrected chi connectivity index (χ2v) is 15.2. The lowest BCUT2D eigenvalue weighted by atomic mass is 9.79. The third-order valence-corrected chi connectivity index (χ3v) is 11.2. The van der Waals surface area contributed by atoms with Gasteiger partial charge in [-0.1, -0.05) is 25.9 Å². The summed E-state index contributed by atoms with van der Waals surface area (Å²) >= 11 is 0. The van der Waals surface area contributed by atoms with E-state index in [2.05, 4.69) is 55.2 Å². The standard InChI is InChI=1S/C24H33FN4O5Si/c1-14(34-35(5,6)24(2,3)4)21(30)27-28-22(31)16-11-18(12-16)26-23(32)20-13-19(29-33-20)15-7-9-17(25)10-8-15/h7-10,13-14,16,18H,11-12H2,1-6H3,(H,26,32)(H,27,30)(H,28,31)/t14-,16?,18?/m1/s1. The van der Waals surface area contributed by atoms with E-state index >= 15 is 0 Å². The third-order valence-electron chi connectivity index (χ3n) is 6.67. The summed E-state index contributed by atoms with van der Waals surface area (Å²) in [5.74, 6) is -1.84. The second-order valence-electron chi connectivity index (χ2n) is 10.4. The van der Waals surface area contributed by atoms with Crippen molar-refractivity contribution in [1.82, 2.24) is 21.3 Å². The minimum Gasteiger partial charge on any atom is -0.405 e. The first kappa shape index (κ1) is 26.5. The molecule has 190 valence electrons. The van der Waals surface area contributed by atoms with Crippen LogP contribution in [-0.2, 0) is 14.0 Å². The number of nitrogens with one attached hydrogen (secondary N) is 3. The second kappa shape index (κ2) is 10.3. The first-order valence-electron chi connectivity index (χ1n) is 11.6.